The fraction of sp³-hybridized carbons (Fsp3) is 0.316. The largest absolute Gasteiger partial charge is 0.339 e. The first kappa shape index (κ1) is 19.9. The van der Waals surface area contributed by atoms with E-state index in [1.54, 1.807) is 11.0 Å². The van der Waals surface area contributed by atoms with Crippen LogP contribution in [0.4, 0.5) is 24.5 Å². The molecule has 1 heterocycles. The first-order valence-electron chi connectivity index (χ1n) is 8.44. The highest BCUT2D eigenvalue weighted by Gasteiger charge is 2.28. The molecular weight excluding hydrogens is 470 g/mol. The topological polar surface area (TPSA) is 26.8 Å². The molecule has 0 aromatic heterocycles. The fourth-order valence-corrected chi connectivity index (χ4v) is 3.55. The van der Waals surface area contributed by atoms with Gasteiger partial charge in [-0.05, 0) is 60.0 Å². The average Bonchev–Trinajstić information content (AvgIpc) is 2.63. The maximum absolute atomic E-state index is 14.7. The maximum Gasteiger partial charge on any atom is 0.256 e. The van der Waals surface area contributed by atoms with Gasteiger partial charge in [0, 0.05) is 36.8 Å². The van der Waals surface area contributed by atoms with E-state index in [0.29, 0.717) is 29.7 Å². The van der Waals surface area contributed by atoms with E-state index in [1.807, 2.05) is 29.6 Å². The van der Waals surface area contributed by atoms with Crippen molar-refractivity contribution in [1.82, 2.24) is 9.80 Å². The van der Waals surface area contributed by atoms with Crippen LogP contribution in [0.2, 0.25) is 0 Å². The smallest absolute Gasteiger partial charge is 0.256 e. The quantitative estimate of drug-likeness (QED) is 0.613. The van der Waals surface area contributed by atoms with Gasteiger partial charge in [-0.3, -0.25) is 4.79 Å². The summed E-state index contributed by atoms with van der Waals surface area (Å²) in [5.41, 5.74) is -0.190. The number of likely N-dealkylation sites (N-methyl/N-ethyl adjacent to an activating group) is 1. The van der Waals surface area contributed by atoms with Crippen molar-refractivity contribution in [3.8, 4) is 0 Å². The van der Waals surface area contributed by atoms with E-state index in [9.17, 15) is 18.0 Å². The number of piperazine rings is 1. The van der Waals surface area contributed by atoms with E-state index in [2.05, 4.69) is 4.90 Å². The van der Waals surface area contributed by atoms with Crippen LogP contribution in [0, 0.1) is 21.0 Å². The zero-order valence-corrected chi connectivity index (χ0v) is 17.1. The summed E-state index contributed by atoms with van der Waals surface area (Å²) < 4.78 is 43.7. The number of halogens is 4. The van der Waals surface area contributed by atoms with Crippen molar-refractivity contribution >= 4 is 39.9 Å². The molecule has 1 aliphatic rings. The van der Waals surface area contributed by atoms with E-state index >= 15 is 0 Å². The number of anilines is 2. The van der Waals surface area contributed by atoms with Gasteiger partial charge in [0.15, 0.2) is 11.6 Å². The normalized spacial score (nSPS) is 15.1. The summed E-state index contributed by atoms with van der Waals surface area (Å²) >= 11 is 1.96. The van der Waals surface area contributed by atoms with Gasteiger partial charge in [-0.25, -0.2) is 13.2 Å². The lowest BCUT2D eigenvalue weighted by molar-refractivity contribution is 0.0664. The van der Waals surface area contributed by atoms with Crippen molar-refractivity contribution in [2.24, 2.45) is 0 Å². The van der Waals surface area contributed by atoms with Crippen molar-refractivity contribution < 1.29 is 18.0 Å². The van der Waals surface area contributed by atoms with Crippen LogP contribution in [0.25, 0.3) is 0 Å². The summed E-state index contributed by atoms with van der Waals surface area (Å²) in [6.07, 6.45) is 0. The number of benzene rings is 2. The Morgan fingerprint density at radius 1 is 1.04 bits per heavy atom. The third-order valence-electron chi connectivity index (χ3n) is 4.70. The fourth-order valence-electron chi connectivity index (χ4n) is 3.09. The lowest BCUT2D eigenvalue weighted by atomic mass is 10.1. The van der Waals surface area contributed by atoms with Gasteiger partial charge in [-0.2, -0.15) is 0 Å². The molecule has 0 atom stereocenters. The molecule has 1 saturated heterocycles. The molecule has 0 N–H and O–H groups in total. The van der Waals surface area contributed by atoms with Crippen LogP contribution in [0.15, 0.2) is 30.3 Å². The van der Waals surface area contributed by atoms with Gasteiger partial charge in [-0.15, -0.1) is 0 Å². The van der Waals surface area contributed by atoms with Crippen molar-refractivity contribution in [3.05, 3.63) is 56.9 Å². The van der Waals surface area contributed by atoms with Gasteiger partial charge in [0.25, 0.3) is 5.91 Å². The van der Waals surface area contributed by atoms with Gasteiger partial charge in [0.1, 0.15) is 5.82 Å². The van der Waals surface area contributed by atoms with Gasteiger partial charge >= 0.3 is 0 Å². The average molecular weight is 489 g/mol. The molecule has 0 unspecified atom stereocenters. The summed E-state index contributed by atoms with van der Waals surface area (Å²) in [5, 5.41) is 0. The minimum Gasteiger partial charge on any atom is -0.339 e. The lowest BCUT2D eigenvalue weighted by Crippen LogP contribution is -2.47. The summed E-state index contributed by atoms with van der Waals surface area (Å²) in [7, 11) is 3.38. The van der Waals surface area contributed by atoms with Crippen LogP contribution in [0.1, 0.15) is 10.4 Å². The molecule has 1 fully saturated rings. The van der Waals surface area contributed by atoms with Crippen LogP contribution in [0.3, 0.4) is 0 Å². The number of carbonyl (C=O) groups excluding carboxylic acids is 1. The summed E-state index contributed by atoms with van der Waals surface area (Å²) in [6, 6.07) is 6.63. The van der Waals surface area contributed by atoms with Crippen LogP contribution in [-0.4, -0.2) is 56.0 Å². The van der Waals surface area contributed by atoms with Crippen LogP contribution in [0.5, 0.6) is 0 Å². The van der Waals surface area contributed by atoms with Gasteiger partial charge in [0.05, 0.1) is 16.9 Å². The highest BCUT2D eigenvalue weighted by atomic mass is 127. The van der Waals surface area contributed by atoms with Crippen molar-refractivity contribution in [2.75, 3.05) is 45.2 Å². The molecule has 2 aromatic rings. The molecule has 8 heteroatoms. The number of carbonyl (C=O) groups is 1. The molecule has 2 aromatic carbocycles. The Morgan fingerprint density at radius 2 is 1.70 bits per heavy atom. The molecular formula is C19H19F3IN3O. The number of hydrogen-bond donors (Lipinski definition) is 0. The van der Waals surface area contributed by atoms with Crippen LogP contribution < -0.4 is 4.90 Å². The van der Waals surface area contributed by atoms with Crippen molar-refractivity contribution in [1.29, 1.82) is 0 Å². The summed E-state index contributed by atoms with van der Waals surface area (Å²) in [6.45, 7) is 2.39. The van der Waals surface area contributed by atoms with E-state index in [0.717, 1.165) is 6.07 Å². The molecule has 1 amide bonds. The Labute approximate surface area is 169 Å². The standard InChI is InChI=1S/C19H19F3IN3O/c1-24-7-9-26(10-8-24)19(27)13-4-5-14(20)17(22)18(13)25(2)16-6-3-12(23)11-15(16)21/h3-6,11H,7-10H2,1-2H3. The SMILES string of the molecule is CN1CCN(C(=O)c2ccc(F)c(F)c2N(C)c2ccc(I)cc2F)CC1. The Balaban J connectivity index is 2.03. The van der Waals surface area contributed by atoms with E-state index in [-0.39, 0.29) is 16.9 Å². The third kappa shape index (κ3) is 4.06. The Hall–Kier alpha value is -1.81. The van der Waals surface area contributed by atoms with Gasteiger partial charge < -0.3 is 14.7 Å². The second-order valence-electron chi connectivity index (χ2n) is 6.51. The lowest BCUT2D eigenvalue weighted by Gasteiger charge is -2.33. The van der Waals surface area contributed by atoms with E-state index in [4.69, 9.17) is 0 Å². The highest BCUT2D eigenvalue weighted by molar-refractivity contribution is 14.1. The molecule has 1 aliphatic heterocycles. The Morgan fingerprint density at radius 3 is 2.33 bits per heavy atom. The molecule has 144 valence electrons. The van der Waals surface area contributed by atoms with Gasteiger partial charge in [-0.1, -0.05) is 0 Å². The van der Waals surface area contributed by atoms with E-state index in [1.165, 1.54) is 30.1 Å². The number of amides is 1. The zero-order valence-electron chi connectivity index (χ0n) is 15.0. The van der Waals surface area contributed by atoms with Gasteiger partial charge in [0.2, 0.25) is 0 Å². The second-order valence-corrected chi connectivity index (χ2v) is 7.75. The first-order chi connectivity index (χ1) is 12.8. The molecule has 27 heavy (non-hydrogen) atoms. The van der Waals surface area contributed by atoms with E-state index < -0.39 is 23.4 Å². The minimum absolute atomic E-state index is 0.0129. The van der Waals surface area contributed by atoms with Crippen molar-refractivity contribution in [3.63, 3.8) is 0 Å². The summed E-state index contributed by atoms with van der Waals surface area (Å²) in [4.78, 5) is 17.8. The molecule has 0 bridgehead atoms. The Bertz CT molecular complexity index is 870. The first-order valence-corrected chi connectivity index (χ1v) is 9.52. The zero-order chi connectivity index (χ0) is 19.7. The number of hydrogen-bond acceptors (Lipinski definition) is 3. The second kappa shape index (κ2) is 8.05. The molecule has 0 aliphatic carbocycles. The monoisotopic (exact) mass is 489 g/mol. The molecule has 4 nitrogen and oxygen atoms in total. The number of nitrogens with zero attached hydrogens (tertiary/aromatic N) is 3. The van der Waals surface area contributed by atoms with Crippen molar-refractivity contribution in [2.45, 2.75) is 0 Å². The maximum atomic E-state index is 14.7. The number of rotatable bonds is 3. The molecule has 0 saturated carbocycles. The third-order valence-corrected chi connectivity index (χ3v) is 5.37. The highest BCUT2D eigenvalue weighted by Crippen LogP contribution is 2.34. The minimum atomic E-state index is -1.17. The Kier molecular flexibility index (Phi) is 5.95. The molecule has 0 radical (unpaired) electrons. The summed E-state index contributed by atoms with van der Waals surface area (Å²) in [5.74, 6) is -3.23. The predicted molar refractivity (Wildman–Crippen MR) is 107 cm³/mol. The van der Waals surface area contributed by atoms with Crippen LogP contribution >= 0.6 is 22.6 Å². The molecule has 3 rings (SSSR count). The predicted octanol–water partition coefficient (Wildman–Crippen LogP) is 3.86. The van der Waals surface area contributed by atoms with Crippen LogP contribution in [-0.2, 0) is 0 Å². The molecule has 0 spiro atoms.